The number of carbonyl (C=O) groups is 1. The molecule has 0 saturated carbocycles. The van der Waals surface area contributed by atoms with Crippen molar-refractivity contribution in [3.8, 4) is 0 Å². The van der Waals surface area contributed by atoms with Gasteiger partial charge in [-0.3, -0.25) is 9.69 Å². The van der Waals surface area contributed by atoms with E-state index in [1.165, 1.54) is 0 Å². The first-order chi connectivity index (χ1) is 11.3. The van der Waals surface area contributed by atoms with Crippen LogP contribution in [-0.4, -0.2) is 34.6 Å². The quantitative estimate of drug-likeness (QED) is 0.821. The fourth-order valence-electron chi connectivity index (χ4n) is 2.66. The van der Waals surface area contributed by atoms with Crippen LogP contribution >= 0.6 is 0 Å². The lowest BCUT2D eigenvalue weighted by molar-refractivity contribution is -0.118. The van der Waals surface area contributed by atoms with Crippen LogP contribution in [0, 0.1) is 6.92 Å². The smallest absolute Gasteiger partial charge is 0.238 e. The SMILES string of the molecule is Cc1ccccc1NC(=O)CN(Cc1ccccc1)CC(C)(C)O. The van der Waals surface area contributed by atoms with Crippen molar-refractivity contribution in [3.05, 3.63) is 65.7 Å². The highest BCUT2D eigenvalue weighted by molar-refractivity contribution is 5.92. The first-order valence-corrected chi connectivity index (χ1v) is 8.18. The Bertz CT molecular complexity index is 663. The predicted molar refractivity (Wildman–Crippen MR) is 97.8 cm³/mol. The van der Waals surface area contributed by atoms with Crippen LogP contribution in [0.3, 0.4) is 0 Å². The standard InChI is InChI=1S/C20H26N2O2/c1-16-9-7-8-12-18(16)21-19(23)14-22(15-20(2,3)24)13-17-10-5-4-6-11-17/h4-12,24H,13-15H2,1-3H3,(H,21,23). The van der Waals surface area contributed by atoms with E-state index >= 15 is 0 Å². The number of hydrogen-bond acceptors (Lipinski definition) is 3. The summed E-state index contributed by atoms with van der Waals surface area (Å²) < 4.78 is 0. The average Bonchev–Trinajstić information content (AvgIpc) is 2.49. The van der Waals surface area contributed by atoms with Crippen molar-refractivity contribution in [3.63, 3.8) is 0 Å². The number of carbonyl (C=O) groups excluding carboxylic acids is 1. The maximum Gasteiger partial charge on any atom is 0.238 e. The van der Waals surface area contributed by atoms with Crippen LogP contribution in [0.1, 0.15) is 25.0 Å². The summed E-state index contributed by atoms with van der Waals surface area (Å²) in [6, 6.07) is 17.7. The van der Waals surface area contributed by atoms with Crippen molar-refractivity contribution in [2.75, 3.05) is 18.4 Å². The number of aliphatic hydroxyl groups is 1. The molecular formula is C20H26N2O2. The second-order valence-corrected chi connectivity index (χ2v) is 6.81. The molecule has 4 heteroatoms. The van der Waals surface area contributed by atoms with Crippen LogP contribution in [0.5, 0.6) is 0 Å². The summed E-state index contributed by atoms with van der Waals surface area (Å²) >= 11 is 0. The number of rotatable bonds is 7. The van der Waals surface area contributed by atoms with E-state index < -0.39 is 5.60 Å². The molecule has 2 N–H and O–H groups in total. The van der Waals surface area contributed by atoms with Crippen LogP contribution in [0.25, 0.3) is 0 Å². The van der Waals surface area contributed by atoms with Gasteiger partial charge in [-0.05, 0) is 38.0 Å². The van der Waals surface area contributed by atoms with Gasteiger partial charge in [0.25, 0.3) is 0 Å². The Morgan fingerprint density at radius 2 is 1.71 bits per heavy atom. The van der Waals surface area contributed by atoms with Crippen molar-refractivity contribution < 1.29 is 9.90 Å². The summed E-state index contributed by atoms with van der Waals surface area (Å²) in [6.45, 7) is 6.74. The van der Waals surface area contributed by atoms with Gasteiger partial charge in [0.15, 0.2) is 0 Å². The van der Waals surface area contributed by atoms with Crippen molar-refractivity contribution in [1.82, 2.24) is 4.90 Å². The van der Waals surface area contributed by atoms with Gasteiger partial charge in [0.05, 0.1) is 12.1 Å². The summed E-state index contributed by atoms with van der Waals surface area (Å²) in [6.07, 6.45) is 0. The van der Waals surface area contributed by atoms with E-state index in [4.69, 9.17) is 0 Å². The monoisotopic (exact) mass is 326 g/mol. The number of aryl methyl sites for hydroxylation is 1. The molecule has 0 aromatic heterocycles. The van der Waals surface area contributed by atoms with Crippen LogP contribution in [0.2, 0.25) is 0 Å². The number of nitrogens with one attached hydrogen (secondary N) is 1. The maximum atomic E-state index is 12.4. The third-order valence-corrected chi connectivity index (χ3v) is 3.65. The summed E-state index contributed by atoms with van der Waals surface area (Å²) in [4.78, 5) is 14.4. The third kappa shape index (κ3) is 6.14. The van der Waals surface area contributed by atoms with Gasteiger partial charge >= 0.3 is 0 Å². The van der Waals surface area contributed by atoms with Crippen LogP contribution in [0.15, 0.2) is 54.6 Å². The second-order valence-electron chi connectivity index (χ2n) is 6.81. The summed E-state index contributed by atoms with van der Waals surface area (Å²) in [5, 5.41) is 13.1. The molecule has 4 nitrogen and oxygen atoms in total. The highest BCUT2D eigenvalue weighted by Crippen LogP contribution is 2.14. The van der Waals surface area contributed by atoms with Crippen LogP contribution in [0.4, 0.5) is 5.69 Å². The lowest BCUT2D eigenvalue weighted by atomic mass is 10.1. The molecule has 0 bridgehead atoms. The van der Waals surface area contributed by atoms with Crippen molar-refractivity contribution in [2.45, 2.75) is 32.9 Å². The molecule has 2 aromatic rings. The number of para-hydroxylation sites is 1. The Morgan fingerprint density at radius 3 is 2.33 bits per heavy atom. The molecule has 24 heavy (non-hydrogen) atoms. The van der Waals surface area contributed by atoms with E-state index in [1.807, 2.05) is 66.4 Å². The molecular weight excluding hydrogens is 300 g/mol. The molecule has 0 radical (unpaired) electrons. The van der Waals surface area contributed by atoms with Crippen LogP contribution in [-0.2, 0) is 11.3 Å². The first-order valence-electron chi connectivity index (χ1n) is 8.18. The predicted octanol–water partition coefficient (Wildman–Crippen LogP) is 3.21. The number of amides is 1. The van der Waals surface area contributed by atoms with Crippen molar-refractivity contribution in [1.29, 1.82) is 0 Å². The lowest BCUT2D eigenvalue weighted by Crippen LogP contribution is -2.42. The topological polar surface area (TPSA) is 52.6 Å². The fraction of sp³-hybridized carbons (Fsp3) is 0.350. The summed E-state index contributed by atoms with van der Waals surface area (Å²) in [5.74, 6) is -0.0792. The summed E-state index contributed by atoms with van der Waals surface area (Å²) in [7, 11) is 0. The van der Waals surface area contributed by atoms with E-state index in [0.29, 0.717) is 13.1 Å². The Hall–Kier alpha value is -2.17. The van der Waals surface area contributed by atoms with E-state index in [1.54, 1.807) is 13.8 Å². The molecule has 128 valence electrons. The average molecular weight is 326 g/mol. The molecule has 0 unspecified atom stereocenters. The zero-order valence-electron chi connectivity index (χ0n) is 14.6. The second kappa shape index (κ2) is 8.08. The van der Waals surface area contributed by atoms with Gasteiger partial charge in [-0.25, -0.2) is 0 Å². The fourth-order valence-corrected chi connectivity index (χ4v) is 2.66. The highest BCUT2D eigenvalue weighted by atomic mass is 16.3. The summed E-state index contributed by atoms with van der Waals surface area (Å²) in [5.41, 5.74) is 2.11. The molecule has 2 rings (SSSR count). The van der Waals surface area contributed by atoms with Gasteiger partial charge < -0.3 is 10.4 Å². The van der Waals surface area contributed by atoms with Crippen molar-refractivity contribution in [2.24, 2.45) is 0 Å². The largest absolute Gasteiger partial charge is 0.389 e. The van der Waals surface area contributed by atoms with Crippen molar-refractivity contribution >= 4 is 11.6 Å². The van der Waals surface area contributed by atoms with Gasteiger partial charge in [0.1, 0.15) is 0 Å². The molecule has 0 spiro atoms. The van der Waals surface area contributed by atoms with Gasteiger partial charge in [0, 0.05) is 18.8 Å². The van der Waals surface area contributed by atoms with E-state index in [0.717, 1.165) is 16.8 Å². The Labute approximate surface area is 144 Å². The normalized spacial score (nSPS) is 11.5. The molecule has 0 heterocycles. The molecule has 0 fully saturated rings. The van der Waals surface area contributed by atoms with Crippen LogP contribution < -0.4 is 5.32 Å². The van der Waals surface area contributed by atoms with Gasteiger partial charge in [-0.1, -0.05) is 48.5 Å². The third-order valence-electron chi connectivity index (χ3n) is 3.65. The number of benzene rings is 2. The van der Waals surface area contributed by atoms with E-state index in [2.05, 4.69) is 5.32 Å². The first kappa shape index (κ1) is 18.2. The highest BCUT2D eigenvalue weighted by Gasteiger charge is 2.20. The lowest BCUT2D eigenvalue weighted by Gasteiger charge is -2.28. The number of anilines is 1. The molecule has 1 amide bonds. The van der Waals surface area contributed by atoms with E-state index in [9.17, 15) is 9.90 Å². The molecule has 0 aliphatic rings. The van der Waals surface area contributed by atoms with E-state index in [-0.39, 0.29) is 12.5 Å². The van der Waals surface area contributed by atoms with Gasteiger partial charge in [-0.2, -0.15) is 0 Å². The Balaban J connectivity index is 2.04. The minimum absolute atomic E-state index is 0.0792. The van der Waals surface area contributed by atoms with Gasteiger partial charge in [0.2, 0.25) is 5.91 Å². The van der Waals surface area contributed by atoms with Gasteiger partial charge in [-0.15, -0.1) is 0 Å². The molecule has 0 atom stereocenters. The zero-order valence-corrected chi connectivity index (χ0v) is 14.6. The minimum Gasteiger partial charge on any atom is -0.389 e. The minimum atomic E-state index is -0.863. The Morgan fingerprint density at radius 1 is 1.08 bits per heavy atom. The number of hydrogen-bond donors (Lipinski definition) is 2. The Kier molecular flexibility index (Phi) is 6.12. The maximum absolute atomic E-state index is 12.4. The molecule has 0 saturated heterocycles. The molecule has 2 aromatic carbocycles. The molecule has 0 aliphatic carbocycles. The zero-order chi connectivity index (χ0) is 17.6. The molecule has 0 aliphatic heterocycles. The number of nitrogens with zero attached hydrogens (tertiary/aromatic N) is 1.